The molecule has 0 radical (unpaired) electrons. The van der Waals surface area contributed by atoms with Gasteiger partial charge in [0.05, 0.1) is 29.3 Å². The van der Waals surface area contributed by atoms with Gasteiger partial charge in [0.2, 0.25) is 0 Å². The molecule has 5 nitrogen and oxygen atoms in total. The summed E-state index contributed by atoms with van der Waals surface area (Å²) in [6.07, 6.45) is 2.24. The number of hydrogen-bond donors (Lipinski definition) is 0. The maximum Gasteiger partial charge on any atom is 0.339 e. The van der Waals surface area contributed by atoms with Gasteiger partial charge in [0.1, 0.15) is 0 Å². The number of aryl methyl sites for hydroxylation is 1. The van der Waals surface area contributed by atoms with E-state index in [4.69, 9.17) is 4.74 Å². The molecular formula is C22H23NO4S. The smallest absolute Gasteiger partial charge is 0.339 e. The largest absolute Gasteiger partial charge is 0.462 e. The quantitative estimate of drug-likeness (QED) is 0.569. The molecule has 0 aliphatic carbocycles. The Balaban J connectivity index is 2.10. The normalized spacial score (nSPS) is 13.9. The molecule has 0 atom stereocenters. The van der Waals surface area contributed by atoms with Crippen molar-refractivity contribution in [1.82, 2.24) is 4.31 Å². The minimum Gasteiger partial charge on any atom is -0.462 e. The number of allylic oxidation sites excluding steroid dienone is 1. The fourth-order valence-corrected chi connectivity index (χ4v) is 4.59. The zero-order chi connectivity index (χ0) is 20.3. The van der Waals surface area contributed by atoms with Crippen LogP contribution in [0.25, 0.3) is 0 Å². The zero-order valence-electron chi connectivity index (χ0n) is 16.0. The maximum atomic E-state index is 13.4. The minimum absolute atomic E-state index is 0.0327. The number of rotatable bonds is 5. The first-order valence-electron chi connectivity index (χ1n) is 9.07. The molecule has 0 aromatic heterocycles. The molecule has 28 heavy (non-hydrogen) atoms. The van der Waals surface area contributed by atoms with Gasteiger partial charge in [-0.2, -0.15) is 0 Å². The number of sulfonamides is 1. The summed E-state index contributed by atoms with van der Waals surface area (Å²) in [5.74, 6) is -0.621. The Bertz CT molecular complexity index is 1040. The summed E-state index contributed by atoms with van der Waals surface area (Å²) in [6, 6.07) is 14.3. The molecule has 6 heteroatoms. The average Bonchev–Trinajstić information content (AvgIpc) is 2.88. The van der Waals surface area contributed by atoms with Crippen LogP contribution in [-0.2, 0) is 32.5 Å². The Morgan fingerprint density at radius 2 is 1.75 bits per heavy atom. The number of carbonyl (C=O) groups is 1. The second kappa shape index (κ2) is 8.02. The summed E-state index contributed by atoms with van der Waals surface area (Å²) in [5, 5.41) is 0. The van der Waals surface area contributed by atoms with Crippen LogP contribution in [-0.4, -0.2) is 25.3 Å². The number of esters is 1. The summed E-state index contributed by atoms with van der Waals surface area (Å²) < 4.78 is 33.2. The molecule has 0 spiro atoms. The Morgan fingerprint density at radius 1 is 1.11 bits per heavy atom. The monoisotopic (exact) mass is 397 g/mol. The SMILES string of the molecule is C=C(C(=O)OCC)C1=CCc2ccccc2CN1S(=O)(=O)c1ccc(C)cc1. The predicted octanol–water partition coefficient (Wildman–Crippen LogP) is 3.75. The molecule has 0 fully saturated rings. The number of carbonyl (C=O) groups excluding carboxylic acids is 1. The molecule has 1 heterocycles. The van der Waals surface area contributed by atoms with Crippen LogP contribution in [0.3, 0.4) is 0 Å². The van der Waals surface area contributed by atoms with Gasteiger partial charge in [-0.15, -0.1) is 0 Å². The van der Waals surface area contributed by atoms with Crippen molar-refractivity contribution in [3.05, 3.63) is 89.1 Å². The first-order valence-corrected chi connectivity index (χ1v) is 10.5. The molecular weight excluding hydrogens is 374 g/mol. The second-order valence-corrected chi connectivity index (χ2v) is 8.45. The standard InChI is InChI=1S/C22H23NO4S/c1-4-27-22(24)17(3)21-14-11-18-7-5-6-8-19(18)15-23(21)28(25,26)20-12-9-16(2)10-13-20/h5-10,12-14H,3-4,11,15H2,1-2H3. The van der Waals surface area contributed by atoms with Gasteiger partial charge >= 0.3 is 5.97 Å². The number of nitrogens with zero attached hydrogens (tertiary/aromatic N) is 1. The third kappa shape index (κ3) is 3.87. The van der Waals surface area contributed by atoms with Crippen molar-refractivity contribution in [3.8, 4) is 0 Å². The van der Waals surface area contributed by atoms with Crippen LogP contribution in [0.2, 0.25) is 0 Å². The third-order valence-corrected chi connectivity index (χ3v) is 6.43. The van der Waals surface area contributed by atoms with E-state index in [1.165, 1.54) is 4.31 Å². The first-order chi connectivity index (χ1) is 13.3. The van der Waals surface area contributed by atoms with E-state index in [9.17, 15) is 13.2 Å². The van der Waals surface area contributed by atoms with Crippen LogP contribution in [0.15, 0.2) is 77.4 Å². The van der Waals surface area contributed by atoms with Crippen molar-refractivity contribution in [2.24, 2.45) is 0 Å². The van der Waals surface area contributed by atoms with Gasteiger partial charge in [-0.1, -0.05) is 54.6 Å². The van der Waals surface area contributed by atoms with Crippen molar-refractivity contribution in [2.75, 3.05) is 6.61 Å². The summed E-state index contributed by atoms with van der Waals surface area (Å²) in [4.78, 5) is 12.5. The van der Waals surface area contributed by atoms with E-state index in [1.54, 1.807) is 37.3 Å². The zero-order valence-corrected chi connectivity index (χ0v) is 16.8. The molecule has 1 aliphatic rings. The predicted molar refractivity (Wildman–Crippen MR) is 108 cm³/mol. The van der Waals surface area contributed by atoms with Gasteiger partial charge in [-0.3, -0.25) is 4.31 Å². The van der Waals surface area contributed by atoms with Gasteiger partial charge in [0.25, 0.3) is 10.0 Å². The Kier molecular flexibility index (Phi) is 5.70. The van der Waals surface area contributed by atoms with Crippen molar-refractivity contribution in [1.29, 1.82) is 0 Å². The van der Waals surface area contributed by atoms with Gasteiger partial charge in [-0.05, 0) is 43.5 Å². The maximum absolute atomic E-state index is 13.4. The molecule has 2 aromatic carbocycles. The molecule has 0 bridgehead atoms. The molecule has 1 aliphatic heterocycles. The van der Waals surface area contributed by atoms with Crippen molar-refractivity contribution in [3.63, 3.8) is 0 Å². The molecule has 0 N–H and O–H groups in total. The van der Waals surface area contributed by atoms with Gasteiger partial charge < -0.3 is 4.74 Å². The highest BCUT2D eigenvalue weighted by molar-refractivity contribution is 7.89. The lowest BCUT2D eigenvalue weighted by atomic mass is 10.1. The third-order valence-electron chi connectivity index (χ3n) is 4.66. The van der Waals surface area contributed by atoms with E-state index in [1.807, 2.05) is 31.2 Å². The summed E-state index contributed by atoms with van der Waals surface area (Å²) in [7, 11) is -3.89. The van der Waals surface area contributed by atoms with Crippen LogP contribution in [0.5, 0.6) is 0 Å². The van der Waals surface area contributed by atoms with E-state index in [0.717, 1.165) is 16.7 Å². The first kappa shape index (κ1) is 19.9. The fourth-order valence-electron chi connectivity index (χ4n) is 3.11. The molecule has 2 aromatic rings. The Morgan fingerprint density at radius 3 is 2.39 bits per heavy atom. The van der Waals surface area contributed by atoms with E-state index >= 15 is 0 Å². The van der Waals surface area contributed by atoms with E-state index in [2.05, 4.69) is 6.58 Å². The van der Waals surface area contributed by atoms with Crippen LogP contribution in [0.1, 0.15) is 23.6 Å². The van der Waals surface area contributed by atoms with Gasteiger partial charge in [0, 0.05) is 0 Å². The van der Waals surface area contributed by atoms with E-state index in [0.29, 0.717) is 6.42 Å². The molecule has 146 valence electrons. The minimum atomic E-state index is -3.89. The van der Waals surface area contributed by atoms with E-state index < -0.39 is 16.0 Å². The van der Waals surface area contributed by atoms with Crippen LogP contribution in [0, 0.1) is 6.92 Å². The average molecular weight is 397 g/mol. The highest BCUT2D eigenvalue weighted by Gasteiger charge is 2.32. The number of fused-ring (bicyclic) bond motifs is 1. The van der Waals surface area contributed by atoms with Crippen molar-refractivity contribution in [2.45, 2.75) is 31.7 Å². The lowest BCUT2D eigenvalue weighted by molar-refractivity contribution is -0.138. The highest BCUT2D eigenvalue weighted by Crippen LogP contribution is 2.31. The molecule has 0 amide bonds. The molecule has 0 unspecified atom stereocenters. The number of ether oxygens (including phenoxy) is 1. The topological polar surface area (TPSA) is 63.7 Å². The van der Waals surface area contributed by atoms with Crippen LogP contribution < -0.4 is 0 Å². The second-order valence-electron chi connectivity index (χ2n) is 6.59. The van der Waals surface area contributed by atoms with Crippen LogP contribution in [0.4, 0.5) is 0 Å². The van der Waals surface area contributed by atoms with Crippen molar-refractivity contribution >= 4 is 16.0 Å². The fraction of sp³-hybridized carbons (Fsp3) is 0.227. The Labute approximate surface area is 166 Å². The van der Waals surface area contributed by atoms with Gasteiger partial charge in [0.15, 0.2) is 0 Å². The molecule has 0 saturated carbocycles. The summed E-state index contributed by atoms with van der Waals surface area (Å²) in [6.45, 7) is 7.73. The van der Waals surface area contributed by atoms with E-state index in [-0.39, 0.29) is 29.3 Å². The van der Waals surface area contributed by atoms with Crippen LogP contribution >= 0.6 is 0 Å². The number of benzene rings is 2. The highest BCUT2D eigenvalue weighted by atomic mass is 32.2. The lowest BCUT2D eigenvalue weighted by Gasteiger charge is -2.27. The number of hydrogen-bond acceptors (Lipinski definition) is 4. The lowest BCUT2D eigenvalue weighted by Crippen LogP contribution is -2.32. The Hall–Kier alpha value is -2.86. The van der Waals surface area contributed by atoms with Gasteiger partial charge in [-0.25, -0.2) is 13.2 Å². The summed E-state index contributed by atoms with van der Waals surface area (Å²) >= 11 is 0. The van der Waals surface area contributed by atoms with Crippen molar-refractivity contribution < 1.29 is 17.9 Å². The molecule has 3 rings (SSSR count). The molecule has 0 saturated heterocycles. The summed E-state index contributed by atoms with van der Waals surface area (Å²) in [5.41, 5.74) is 3.16.